The minimum atomic E-state index is -3.71. The maximum atomic E-state index is 13.7. The minimum absolute atomic E-state index is 0.0683. The van der Waals surface area contributed by atoms with Crippen LogP contribution in [0.5, 0.6) is 0 Å². The topological polar surface area (TPSA) is 89.0 Å². The molecule has 8 nitrogen and oxygen atoms in total. The standard InChI is InChI=1S/C23H25N3O5S2/c27-22(17-5-3-7-19(15-17)33(28,29)25-10-13-30-14-11-25)26(16-18-6-4-12-31-18)23-24-20-8-1-2-9-21(20)32-23/h1-3,5,7-9,15,18H,4,6,10-14,16H2/t18-/m0/s1. The molecule has 2 aliphatic rings. The van der Waals surface area contributed by atoms with E-state index >= 15 is 0 Å². The highest BCUT2D eigenvalue weighted by Gasteiger charge is 2.30. The van der Waals surface area contributed by atoms with Gasteiger partial charge < -0.3 is 9.47 Å². The molecule has 0 unspecified atom stereocenters. The van der Waals surface area contributed by atoms with Crippen molar-refractivity contribution in [3.8, 4) is 0 Å². The summed E-state index contributed by atoms with van der Waals surface area (Å²) >= 11 is 1.44. The lowest BCUT2D eigenvalue weighted by Gasteiger charge is -2.26. The molecule has 2 aromatic carbocycles. The molecule has 3 aromatic rings. The van der Waals surface area contributed by atoms with Crippen LogP contribution in [0.25, 0.3) is 10.2 Å². The van der Waals surface area contributed by atoms with E-state index in [0.29, 0.717) is 50.1 Å². The van der Waals surface area contributed by atoms with Gasteiger partial charge in [-0.25, -0.2) is 13.4 Å². The lowest BCUT2D eigenvalue weighted by molar-refractivity contribution is 0.0730. The third kappa shape index (κ3) is 4.67. The number of rotatable bonds is 6. The van der Waals surface area contributed by atoms with Crippen molar-refractivity contribution in [2.45, 2.75) is 23.8 Å². The number of fused-ring (bicyclic) bond motifs is 1. The Hall–Kier alpha value is -2.37. The number of amides is 1. The van der Waals surface area contributed by atoms with Crippen molar-refractivity contribution < 1.29 is 22.7 Å². The van der Waals surface area contributed by atoms with E-state index in [4.69, 9.17) is 9.47 Å². The van der Waals surface area contributed by atoms with Gasteiger partial charge in [-0.15, -0.1) is 0 Å². The summed E-state index contributed by atoms with van der Waals surface area (Å²) in [6.07, 6.45) is 1.76. The number of morpholine rings is 1. The number of aromatic nitrogens is 1. The Morgan fingerprint density at radius 3 is 2.70 bits per heavy atom. The second-order valence-electron chi connectivity index (χ2n) is 8.06. The van der Waals surface area contributed by atoms with Crippen molar-refractivity contribution in [3.05, 3.63) is 54.1 Å². The summed E-state index contributed by atoms with van der Waals surface area (Å²) in [5.41, 5.74) is 1.13. The van der Waals surface area contributed by atoms with Gasteiger partial charge in [0.2, 0.25) is 10.0 Å². The Bertz CT molecular complexity index is 1210. The first-order valence-corrected chi connectivity index (χ1v) is 13.2. The maximum absolute atomic E-state index is 13.7. The van der Waals surface area contributed by atoms with Crippen LogP contribution in [-0.2, 0) is 19.5 Å². The summed E-state index contributed by atoms with van der Waals surface area (Å²) in [6, 6.07) is 14.0. The van der Waals surface area contributed by atoms with Gasteiger partial charge in [-0.2, -0.15) is 4.31 Å². The van der Waals surface area contributed by atoms with Gasteiger partial charge in [0, 0.05) is 25.3 Å². The molecule has 0 aliphatic carbocycles. The van der Waals surface area contributed by atoms with Crippen LogP contribution in [0.3, 0.4) is 0 Å². The van der Waals surface area contributed by atoms with Crippen LogP contribution in [0, 0.1) is 0 Å². The van der Waals surface area contributed by atoms with E-state index in [0.717, 1.165) is 23.1 Å². The number of thiazole rings is 1. The predicted octanol–water partition coefficient (Wildman–Crippen LogP) is 3.14. The minimum Gasteiger partial charge on any atom is -0.379 e. The average molecular weight is 488 g/mol. The molecule has 2 saturated heterocycles. The molecule has 0 bridgehead atoms. The molecule has 0 spiro atoms. The SMILES string of the molecule is O=C(c1cccc(S(=O)(=O)N2CCOCC2)c1)N(C[C@@H]1CCCO1)c1nc2ccccc2s1. The van der Waals surface area contributed by atoms with E-state index in [1.54, 1.807) is 17.0 Å². The molecule has 0 radical (unpaired) electrons. The van der Waals surface area contributed by atoms with E-state index < -0.39 is 10.0 Å². The number of para-hydroxylation sites is 1. The zero-order valence-electron chi connectivity index (χ0n) is 18.1. The number of hydrogen-bond acceptors (Lipinski definition) is 7. The Balaban J connectivity index is 1.48. The van der Waals surface area contributed by atoms with E-state index in [1.165, 1.54) is 27.8 Å². The first kappa shape index (κ1) is 22.4. The first-order chi connectivity index (χ1) is 16.0. The van der Waals surface area contributed by atoms with Crippen molar-refractivity contribution in [1.82, 2.24) is 9.29 Å². The van der Waals surface area contributed by atoms with E-state index in [2.05, 4.69) is 4.98 Å². The molecular formula is C23H25N3O5S2. The molecule has 1 aromatic heterocycles. The quantitative estimate of drug-likeness (QED) is 0.531. The number of hydrogen-bond donors (Lipinski definition) is 0. The average Bonchev–Trinajstić information content (AvgIpc) is 3.52. The Morgan fingerprint density at radius 1 is 1.12 bits per heavy atom. The van der Waals surface area contributed by atoms with Crippen LogP contribution in [0.1, 0.15) is 23.2 Å². The molecule has 3 heterocycles. The molecule has 10 heteroatoms. The van der Waals surface area contributed by atoms with Crippen LogP contribution < -0.4 is 4.90 Å². The summed E-state index contributed by atoms with van der Waals surface area (Å²) in [4.78, 5) is 20.1. The van der Waals surface area contributed by atoms with Gasteiger partial charge in [-0.3, -0.25) is 9.69 Å². The van der Waals surface area contributed by atoms with Crippen molar-refractivity contribution in [2.75, 3.05) is 44.4 Å². The van der Waals surface area contributed by atoms with Gasteiger partial charge in [0.15, 0.2) is 5.13 Å². The van der Waals surface area contributed by atoms with Crippen molar-refractivity contribution in [2.24, 2.45) is 0 Å². The highest BCUT2D eigenvalue weighted by Crippen LogP contribution is 2.31. The van der Waals surface area contributed by atoms with Gasteiger partial charge in [0.1, 0.15) is 0 Å². The second kappa shape index (κ2) is 9.47. The highest BCUT2D eigenvalue weighted by atomic mass is 32.2. The van der Waals surface area contributed by atoms with Crippen molar-refractivity contribution in [1.29, 1.82) is 0 Å². The van der Waals surface area contributed by atoms with Gasteiger partial charge in [-0.05, 0) is 43.2 Å². The summed E-state index contributed by atoms with van der Waals surface area (Å²) in [5, 5.41) is 0.582. The van der Waals surface area contributed by atoms with Gasteiger partial charge >= 0.3 is 0 Å². The Labute approximate surface area is 196 Å². The molecule has 0 saturated carbocycles. The van der Waals surface area contributed by atoms with Crippen molar-refractivity contribution >= 4 is 42.6 Å². The van der Waals surface area contributed by atoms with Crippen LogP contribution in [0.4, 0.5) is 5.13 Å². The van der Waals surface area contributed by atoms with E-state index in [-0.39, 0.29) is 16.9 Å². The Kier molecular flexibility index (Phi) is 6.44. The summed E-state index contributed by atoms with van der Waals surface area (Å²) in [5.74, 6) is -0.288. The van der Waals surface area contributed by atoms with E-state index in [1.807, 2.05) is 24.3 Å². The number of nitrogens with zero attached hydrogens (tertiary/aromatic N) is 3. The molecule has 1 amide bonds. The number of carbonyl (C=O) groups is 1. The smallest absolute Gasteiger partial charge is 0.260 e. The van der Waals surface area contributed by atoms with Crippen LogP contribution in [-0.4, -0.2) is 69.2 Å². The number of anilines is 1. The van der Waals surface area contributed by atoms with E-state index in [9.17, 15) is 13.2 Å². The fourth-order valence-corrected chi connectivity index (χ4v) is 6.52. The van der Waals surface area contributed by atoms with Crippen LogP contribution in [0.2, 0.25) is 0 Å². The zero-order valence-corrected chi connectivity index (χ0v) is 19.7. The summed E-state index contributed by atoms with van der Waals surface area (Å²) < 4.78 is 39.7. The second-order valence-corrected chi connectivity index (χ2v) is 11.0. The molecular weight excluding hydrogens is 462 g/mol. The lowest BCUT2D eigenvalue weighted by Crippen LogP contribution is -2.41. The number of carbonyl (C=O) groups excluding carboxylic acids is 1. The molecule has 5 rings (SSSR count). The number of ether oxygens (including phenoxy) is 2. The van der Waals surface area contributed by atoms with Crippen molar-refractivity contribution in [3.63, 3.8) is 0 Å². The lowest BCUT2D eigenvalue weighted by atomic mass is 10.2. The third-order valence-electron chi connectivity index (χ3n) is 5.86. The molecule has 174 valence electrons. The number of sulfonamides is 1. The fourth-order valence-electron chi connectivity index (χ4n) is 4.10. The fraction of sp³-hybridized carbons (Fsp3) is 0.391. The Morgan fingerprint density at radius 2 is 1.94 bits per heavy atom. The first-order valence-electron chi connectivity index (χ1n) is 11.0. The molecule has 33 heavy (non-hydrogen) atoms. The molecule has 2 fully saturated rings. The highest BCUT2D eigenvalue weighted by molar-refractivity contribution is 7.89. The maximum Gasteiger partial charge on any atom is 0.260 e. The zero-order chi connectivity index (χ0) is 22.8. The predicted molar refractivity (Wildman–Crippen MR) is 126 cm³/mol. The monoisotopic (exact) mass is 487 g/mol. The van der Waals surface area contributed by atoms with Gasteiger partial charge in [0.05, 0.1) is 41.0 Å². The van der Waals surface area contributed by atoms with Crippen LogP contribution in [0.15, 0.2) is 53.4 Å². The third-order valence-corrected chi connectivity index (χ3v) is 8.81. The van der Waals surface area contributed by atoms with Crippen LogP contribution >= 0.6 is 11.3 Å². The number of benzene rings is 2. The molecule has 0 N–H and O–H groups in total. The summed E-state index contributed by atoms with van der Waals surface area (Å²) in [6.45, 7) is 2.39. The van der Waals surface area contributed by atoms with Gasteiger partial charge in [0.25, 0.3) is 5.91 Å². The molecule has 2 aliphatic heterocycles. The molecule has 1 atom stereocenters. The normalized spacial score (nSPS) is 19.7. The van der Waals surface area contributed by atoms with Gasteiger partial charge in [-0.1, -0.05) is 29.5 Å². The largest absolute Gasteiger partial charge is 0.379 e. The summed E-state index contributed by atoms with van der Waals surface area (Å²) in [7, 11) is -3.71.